The average Bonchev–Trinajstić information content (AvgIpc) is 3.55. The normalized spacial score (nSPS) is 12.6. The lowest BCUT2D eigenvalue weighted by molar-refractivity contribution is -0.143. The van der Waals surface area contributed by atoms with Crippen LogP contribution in [0.5, 0.6) is 0 Å². The third-order valence-corrected chi connectivity index (χ3v) is 18.5. The maximum atomic E-state index is 12.5. The van der Waals surface area contributed by atoms with Crippen LogP contribution in [0.1, 0.15) is 444 Å². The molecule has 0 saturated carbocycles. The van der Waals surface area contributed by atoms with Gasteiger partial charge in [-0.15, -0.1) is 0 Å². The first-order chi connectivity index (χ1) is 42.0. The highest BCUT2D eigenvalue weighted by Gasteiger charge is 2.18. The molecule has 1 amide bonds. The molecular weight excluding hydrogens is 1040 g/mol. The van der Waals surface area contributed by atoms with Gasteiger partial charge in [-0.05, 0) is 57.8 Å². The summed E-state index contributed by atoms with van der Waals surface area (Å²) in [5, 5.41) is 23.3. The quantitative estimate of drug-likeness (QED) is 0.0320. The summed E-state index contributed by atoms with van der Waals surface area (Å²) < 4.78 is 5.48. The standard InChI is InChI=1S/C79H153NO5/c1-3-5-7-9-11-13-15-16-17-18-19-39-42-45-48-52-55-59-63-67-71-77(82)76(75-81)80-78(83)72-68-64-60-56-53-49-46-43-40-37-35-33-31-29-27-25-23-21-20-22-24-26-28-30-32-34-36-38-41-44-47-50-54-58-62-66-70-74-85-79(84)73-69-65-61-57-51-14-12-10-8-6-4-2/h20,22,67,71,76-77,81-82H,3-19,21,23-66,68-70,72-75H2,1-2H3,(H,80,83)/b22-20-,71-67+. The second-order valence-corrected chi connectivity index (χ2v) is 27.0. The molecule has 2 atom stereocenters. The van der Waals surface area contributed by atoms with Crippen LogP contribution in [0.2, 0.25) is 0 Å². The van der Waals surface area contributed by atoms with E-state index >= 15 is 0 Å². The summed E-state index contributed by atoms with van der Waals surface area (Å²) in [6.07, 6.45) is 95.9. The van der Waals surface area contributed by atoms with Crippen molar-refractivity contribution in [3.63, 3.8) is 0 Å². The lowest BCUT2D eigenvalue weighted by Gasteiger charge is -2.20. The summed E-state index contributed by atoms with van der Waals surface area (Å²) >= 11 is 0. The monoisotopic (exact) mass is 1200 g/mol. The van der Waals surface area contributed by atoms with Crippen molar-refractivity contribution in [1.29, 1.82) is 0 Å². The largest absolute Gasteiger partial charge is 0.466 e. The van der Waals surface area contributed by atoms with E-state index in [4.69, 9.17) is 4.74 Å². The molecule has 0 rings (SSSR count). The lowest BCUT2D eigenvalue weighted by atomic mass is 10.0. The molecule has 0 aromatic carbocycles. The van der Waals surface area contributed by atoms with Gasteiger partial charge in [0.15, 0.2) is 0 Å². The molecule has 6 heteroatoms. The van der Waals surface area contributed by atoms with Gasteiger partial charge in [-0.3, -0.25) is 9.59 Å². The van der Waals surface area contributed by atoms with Gasteiger partial charge < -0.3 is 20.3 Å². The third kappa shape index (κ3) is 71.3. The first-order valence-electron chi connectivity index (χ1n) is 39.1. The molecule has 3 N–H and O–H groups in total. The Morgan fingerprint density at radius 1 is 0.318 bits per heavy atom. The highest BCUT2D eigenvalue weighted by Crippen LogP contribution is 2.20. The van der Waals surface area contributed by atoms with Crippen LogP contribution >= 0.6 is 0 Å². The van der Waals surface area contributed by atoms with E-state index < -0.39 is 12.1 Å². The maximum absolute atomic E-state index is 12.5. The van der Waals surface area contributed by atoms with Crippen molar-refractivity contribution in [3.8, 4) is 0 Å². The van der Waals surface area contributed by atoms with Crippen LogP contribution in [0.4, 0.5) is 0 Å². The number of carbonyl (C=O) groups is 2. The molecule has 6 nitrogen and oxygen atoms in total. The molecule has 0 aliphatic carbocycles. The van der Waals surface area contributed by atoms with Gasteiger partial charge in [0.05, 0.1) is 25.4 Å². The Balaban J connectivity index is 3.35. The fraction of sp³-hybridized carbons (Fsp3) is 0.924. The molecule has 0 saturated heterocycles. The topological polar surface area (TPSA) is 95.9 Å². The van der Waals surface area contributed by atoms with Crippen molar-refractivity contribution >= 4 is 11.9 Å². The highest BCUT2D eigenvalue weighted by molar-refractivity contribution is 5.76. The van der Waals surface area contributed by atoms with Gasteiger partial charge in [0.2, 0.25) is 5.91 Å². The highest BCUT2D eigenvalue weighted by atomic mass is 16.5. The summed E-state index contributed by atoms with van der Waals surface area (Å²) in [6.45, 7) is 4.95. The zero-order valence-corrected chi connectivity index (χ0v) is 57.9. The van der Waals surface area contributed by atoms with Gasteiger partial charge in [-0.1, -0.05) is 398 Å². The van der Waals surface area contributed by atoms with Crippen LogP contribution in [0.3, 0.4) is 0 Å². The van der Waals surface area contributed by atoms with E-state index in [-0.39, 0.29) is 18.5 Å². The number of hydrogen-bond donors (Lipinski definition) is 3. The van der Waals surface area contributed by atoms with Crippen molar-refractivity contribution < 1.29 is 24.5 Å². The van der Waals surface area contributed by atoms with Crippen molar-refractivity contribution in [3.05, 3.63) is 24.3 Å². The van der Waals surface area contributed by atoms with E-state index in [9.17, 15) is 19.8 Å². The lowest BCUT2D eigenvalue weighted by Crippen LogP contribution is -2.45. The Labute approximate surface area is 532 Å². The summed E-state index contributed by atoms with van der Waals surface area (Å²) in [7, 11) is 0. The fourth-order valence-corrected chi connectivity index (χ4v) is 12.5. The van der Waals surface area contributed by atoms with Crippen molar-refractivity contribution in [2.24, 2.45) is 0 Å². The van der Waals surface area contributed by atoms with Gasteiger partial charge in [0, 0.05) is 12.8 Å². The SMILES string of the molecule is CCCCCCCCCCCCCCCCCCCC/C=C/C(O)C(CO)NC(=O)CCCCCCCCCCCCCCCCCCC/C=C\CCCCCCCCCCCCCCCCCCOC(=O)CCCCCCCCCCCCC. The minimum absolute atomic E-state index is 0.0217. The molecule has 504 valence electrons. The van der Waals surface area contributed by atoms with E-state index in [1.165, 1.54) is 379 Å². The smallest absolute Gasteiger partial charge is 0.305 e. The predicted molar refractivity (Wildman–Crippen MR) is 375 cm³/mol. The fourth-order valence-electron chi connectivity index (χ4n) is 12.5. The predicted octanol–water partition coefficient (Wildman–Crippen LogP) is 25.7. The number of carbonyl (C=O) groups excluding carboxylic acids is 2. The molecule has 0 aromatic rings. The molecular formula is C79H153NO5. The number of allylic oxidation sites excluding steroid dienone is 3. The molecule has 0 heterocycles. The summed E-state index contributed by atoms with van der Waals surface area (Å²) in [6, 6.07) is -0.625. The van der Waals surface area contributed by atoms with Crippen LogP contribution < -0.4 is 5.32 Å². The number of esters is 1. The second kappa shape index (κ2) is 74.8. The average molecular weight is 1200 g/mol. The van der Waals surface area contributed by atoms with Gasteiger partial charge in [0.1, 0.15) is 0 Å². The third-order valence-electron chi connectivity index (χ3n) is 18.5. The number of aliphatic hydroxyl groups is 2. The minimum Gasteiger partial charge on any atom is -0.466 e. The van der Waals surface area contributed by atoms with Crippen LogP contribution in [0, 0.1) is 0 Å². The Hall–Kier alpha value is -1.66. The van der Waals surface area contributed by atoms with E-state index in [0.717, 1.165) is 38.5 Å². The molecule has 0 spiro atoms. The van der Waals surface area contributed by atoms with Crippen molar-refractivity contribution in [2.75, 3.05) is 13.2 Å². The van der Waals surface area contributed by atoms with E-state index in [0.29, 0.717) is 19.4 Å². The number of ether oxygens (including phenoxy) is 1. The summed E-state index contributed by atoms with van der Waals surface area (Å²) in [5.74, 6) is -0.0377. The van der Waals surface area contributed by atoms with Gasteiger partial charge >= 0.3 is 5.97 Å². The molecule has 0 fully saturated rings. The second-order valence-electron chi connectivity index (χ2n) is 27.0. The van der Waals surface area contributed by atoms with Gasteiger partial charge in [-0.2, -0.15) is 0 Å². The number of rotatable bonds is 74. The number of hydrogen-bond acceptors (Lipinski definition) is 5. The zero-order chi connectivity index (χ0) is 61.3. The molecule has 0 aromatic heterocycles. The van der Waals surface area contributed by atoms with E-state index in [1.807, 2.05) is 6.08 Å². The van der Waals surface area contributed by atoms with Gasteiger partial charge in [-0.25, -0.2) is 0 Å². The van der Waals surface area contributed by atoms with E-state index in [1.54, 1.807) is 6.08 Å². The van der Waals surface area contributed by atoms with Crippen molar-refractivity contribution in [1.82, 2.24) is 5.32 Å². The van der Waals surface area contributed by atoms with E-state index in [2.05, 4.69) is 31.3 Å². The molecule has 0 aliphatic heterocycles. The Bertz CT molecular complexity index is 1330. The van der Waals surface area contributed by atoms with Crippen LogP contribution in [-0.4, -0.2) is 47.4 Å². The van der Waals surface area contributed by atoms with Crippen LogP contribution in [0.25, 0.3) is 0 Å². The molecule has 2 unspecified atom stereocenters. The minimum atomic E-state index is -0.842. The molecule has 0 aliphatic rings. The first-order valence-corrected chi connectivity index (χ1v) is 39.1. The molecule has 85 heavy (non-hydrogen) atoms. The van der Waals surface area contributed by atoms with Crippen LogP contribution in [0.15, 0.2) is 24.3 Å². The number of amides is 1. The Kier molecular flexibility index (Phi) is 73.3. The number of nitrogens with one attached hydrogen (secondary N) is 1. The Morgan fingerprint density at radius 3 is 0.835 bits per heavy atom. The number of unbranched alkanes of at least 4 members (excludes halogenated alkanes) is 61. The van der Waals surface area contributed by atoms with Crippen molar-refractivity contribution in [2.45, 2.75) is 456 Å². The zero-order valence-electron chi connectivity index (χ0n) is 57.9. The van der Waals surface area contributed by atoms with Crippen LogP contribution in [-0.2, 0) is 14.3 Å². The van der Waals surface area contributed by atoms with Gasteiger partial charge in [0.25, 0.3) is 0 Å². The molecule has 0 bridgehead atoms. The molecule has 0 radical (unpaired) electrons. The Morgan fingerprint density at radius 2 is 0.553 bits per heavy atom. The number of aliphatic hydroxyl groups excluding tert-OH is 2. The summed E-state index contributed by atoms with van der Waals surface area (Å²) in [4.78, 5) is 24.6. The first kappa shape index (κ1) is 83.3. The maximum Gasteiger partial charge on any atom is 0.305 e. The summed E-state index contributed by atoms with van der Waals surface area (Å²) in [5.41, 5.74) is 0.